The number of hydrogen-bond donors (Lipinski definition) is 1. The van der Waals surface area contributed by atoms with Crippen molar-refractivity contribution >= 4 is 32.6 Å². The van der Waals surface area contributed by atoms with Crippen molar-refractivity contribution in [2.24, 2.45) is 7.05 Å². The van der Waals surface area contributed by atoms with Gasteiger partial charge in [0.1, 0.15) is 21.6 Å². The highest BCUT2D eigenvalue weighted by Gasteiger charge is 2.18. The monoisotopic (exact) mass is 379 g/mol. The topological polar surface area (TPSA) is 60.1 Å². The summed E-state index contributed by atoms with van der Waals surface area (Å²) < 4.78 is 20.9. The zero-order valence-electron chi connectivity index (χ0n) is 12.9. The predicted octanol–water partition coefficient (Wildman–Crippen LogP) is 3.91. The van der Waals surface area contributed by atoms with E-state index >= 15 is 0 Å². The number of nitrogens with one attached hydrogen (secondary N) is 1. The first-order chi connectivity index (χ1) is 10.9. The van der Waals surface area contributed by atoms with E-state index in [-0.39, 0.29) is 17.4 Å². The second-order valence-electron chi connectivity index (χ2n) is 5.40. The maximum atomic E-state index is 13.4. The molecule has 1 unspecified atom stereocenters. The number of anilines is 1. The molecule has 5 nitrogen and oxygen atoms in total. The Labute approximate surface area is 140 Å². The van der Waals surface area contributed by atoms with Gasteiger partial charge in [-0.05, 0) is 48.0 Å². The van der Waals surface area contributed by atoms with Gasteiger partial charge in [-0.25, -0.2) is 9.07 Å². The third-order valence-electron chi connectivity index (χ3n) is 3.78. The average molecular weight is 380 g/mol. The SMILES string of the molecule is Cc1c(C(C)Nc2cnn(C)c(=O)c2Br)oc2ccc(F)cc12. The van der Waals surface area contributed by atoms with Crippen LogP contribution in [0, 0.1) is 12.7 Å². The molecule has 1 atom stereocenters. The Morgan fingerprint density at radius 2 is 2.17 bits per heavy atom. The van der Waals surface area contributed by atoms with Gasteiger partial charge in [0.05, 0.1) is 17.9 Å². The van der Waals surface area contributed by atoms with Gasteiger partial charge in [0.2, 0.25) is 0 Å². The molecule has 1 N–H and O–H groups in total. The molecule has 2 aromatic heterocycles. The predicted molar refractivity (Wildman–Crippen MR) is 90.1 cm³/mol. The number of benzene rings is 1. The van der Waals surface area contributed by atoms with Gasteiger partial charge >= 0.3 is 0 Å². The molecule has 1 aromatic carbocycles. The number of aromatic nitrogens is 2. The van der Waals surface area contributed by atoms with Crippen molar-refractivity contribution in [2.75, 3.05) is 5.32 Å². The Morgan fingerprint density at radius 3 is 2.91 bits per heavy atom. The van der Waals surface area contributed by atoms with Gasteiger partial charge in [0.15, 0.2) is 0 Å². The summed E-state index contributed by atoms with van der Waals surface area (Å²) in [5.41, 5.74) is 1.85. The van der Waals surface area contributed by atoms with Gasteiger partial charge in [0, 0.05) is 18.0 Å². The molecular weight excluding hydrogens is 365 g/mol. The van der Waals surface area contributed by atoms with E-state index in [2.05, 4.69) is 26.3 Å². The van der Waals surface area contributed by atoms with E-state index in [0.717, 1.165) is 10.9 Å². The van der Waals surface area contributed by atoms with Crippen LogP contribution < -0.4 is 10.9 Å². The van der Waals surface area contributed by atoms with Crippen LogP contribution in [0.15, 0.2) is 38.1 Å². The van der Waals surface area contributed by atoms with Crippen molar-refractivity contribution in [3.05, 3.63) is 56.4 Å². The Hall–Kier alpha value is -2.15. The molecule has 0 aliphatic carbocycles. The quantitative estimate of drug-likeness (QED) is 0.749. The minimum absolute atomic E-state index is 0.212. The van der Waals surface area contributed by atoms with Crippen molar-refractivity contribution in [2.45, 2.75) is 19.9 Å². The number of rotatable bonds is 3. The van der Waals surface area contributed by atoms with E-state index in [0.29, 0.717) is 21.5 Å². The summed E-state index contributed by atoms with van der Waals surface area (Å²) in [6.07, 6.45) is 1.57. The Morgan fingerprint density at radius 1 is 1.43 bits per heavy atom. The lowest BCUT2D eigenvalue weighted by molar-refractivity contribution is 0.521. The van der Waals surface area contributed by atoms with E-state index in [1.165, 1.54) is 16.8 Å². The first-order valence-corrected chi connectivity index (χ1v) is 7.84. The minimum atomic E-state index is -0.299. The number of nitrogens with zero attached hydrogens (tertiary/aromatic N) is 2. The maximum absolute atomic E-state index is 13.4. The maximum Gasteiger partial charge on any atom is 0.282 e. The van der Waals surface area contributed by atoms with Crippen LogP contribution in [0.3, 0.4) is 0 Å². The van der Waals surface area contributed by atoms with Crippen LogP contribution in [0.2, 0.25) is 0 Å². The van der Waals surface area contributed by atoms with Crippen LogP contribution in [0.1, 0.15) is 24.3 Å². The summed E-state index contributed by atoms with van der Waals surface area (Å²) in [6.45, 7) is 3.79. The van der Waals surface area contributed by atoms with Crippen molar-refractivity contribution in [1.82, 2.24) is 9.78 Å². The van der Waals surface area contributed by atoms with Crippen LogP contribution in [-0.4, -0.2) is 9.78 Å². The molecule has 120 valence electrons. The van der Waals surface area contributed by atoms with E-state index in [1.807, 2.05) is 13.8 Å². The summed E-state index contributed by atoms with van der Waals surface area (Å²) in [7, 11) is 1.58. The zero-order chi connectivity index (χ0) is 16.7. The largest absolute Gasteiger partial charge is 0.459 e. The Kier molecular flexibility index (Phi) is 3.97. The van der Waals surface area contributed by atoms with Crippen LogP contribution >= 0.6 is 15.9 Å². The van der Waals surface area contributed by atoms with E-state index < -0.39 is 0 Å². The first kappa shape index (κ1) is 15.7. The second-order valence-corrected chi connectivity index (χ2v) is 6.19. The lowest BCUT2D eigenvalue weighted by atomic mass is 10.1. The van der Waals surface area contributed by atoms with Gasteiger partial charge in [-0.15, -0.1) is 0 Å². The van der Waals surface area contributed by atoms with Gasteiger partial charge in [-0.3, -0.25) is 4.79 Å². The highest BCUT2D eigenvalue weighted by atomic mass is 79.9. The molecule has 0 aliphatic heterocycles. The van der Waals surface area contributed by atoms with E-state index in [1.54, 1.807) is 19.3 Å². The van der Waals surface area contributed by atoms with E-state index in [4.69, 9.17) is 4.42 Å². The summed E-state index contributed by atoms with van der Waals surface area (Å²) in [5.74, 6) is 0.394. The molecule has 3 rings (SSSR count). The molecule has 0 aliphatic rings. The van der Waals surface area contributed by atoms with E-state index in [9.17, 15) is 9.18 Å². The van der Waals surface area contributed by atoms with Crippen LogP contribution in [0.4, 0.5) is 10.1 Å². The van der Waals surface area contributed by atoms with Crippen LogP contribution in [0.25, 0.3) is 11.0 Å². The number of hydrogen-bond acceptors (Lipinski definition) is 4. The number of furan rings is 1. The molecule has 0 spiro atoms. The lowest BCUT2D eigenvalue weighted by Gasteiger charge is -2.15. The standard InChI is InChI=1S/C16H15BrFN3O2/c1-8-11-6-10(18)4-5-13(11)23-15(8)9(2)20-12-7-19-21(3)16(22)14(12)17/h4-7,9,20H,1-3H3. The van der Waals surface area contributed by atoms with Gasteiger partial charge < -0.3 is 9.73 Å². The van der Waals surface area contributed by atoms with Crippen LogP contribution in [-0.2, 0) is 7.05 Å². The minimum Gasteiger partial charge on any atom is -0.459 e. The fraction of sp³-hybridized carbons (Fsp3) is 0.250. The average Bonchev–Trinajstić information content (AvgIpc) is 2.85. The van der Waals surface area contributed by atoms with Crippen molar-refractivity contribution in [3.63, 3.8) is 0 Å². The number of halogens is 2. The summed E-state index contributed by atoms with van der Waals surface area (Å²) in [4.78, 5) is 11.9. The molecule has 23 heavy (non-hydrogen) atoms. The second kappa shape index (κ2) is 5.81. The fourth-order valence-electron chi connectivity index (χ4n) is 2.54. The van der Waals surface area contributed by atoms with Crippen molar-refractivity contribution < 1.29 is 8.81 Å². The first-order valence-electron chi connectivity index (χ1n) is 7.05. The molecule has 7 heteroatoms. The van der Waals surface area contributed by atoms with Gasteiger partial charge in [0.25, 0.3) is 5.56 Å². The third-order valence-corrected chi connectivity index (χ3v) is 4.54. The lowest BCUT2D eigenvalue weighted by Crippen LogP contribution is -2.22. The Bertz CT molecular complexity index is 948. The van der Waals surface area contributed by atoms with Crippen molar-refractivity contribution in [3.8, 4) is 0 Å². The molecule has 0 amide bonds. The Balaban J connectivity index is 1.98. The molecule has 0 radical (unpaired) electrons. The third kappa shape index (κ3) is 2.76. The van der Waals surface area contributed by atoms with Gasteiger partial charge in [-0.1, -0.05) is 0 Å². The molecule has 0 saturated heterocycles. The molecule has 0 saturated carbocycles. The van der Waals surface area contributed by atoms with Gasteiger partial charge in [-0.2, -0.15) is 5.10 Å². The zero-order valence-corrected chi connectivity index (χ0v) is 14.4. The summed E-state index contributed by atoms with van der Waals surface area (Å²) in [5, 5.41) is 7.94. The fourth-order valence-corrected chi connectivity index (χ4v) is 3.01. The highest BCUT2D eigenvalue weighted by molar-refractivity contribution is 9.10. The smallest absolute Gasteiger partial charge is 0.282 e. The normalized spacial score (nSPS) is 12.6. The highest BCUT2D eigenvalue weighted by Crippen LogP contribution is 2.32. The molecule has 0 fully saturated rings. The molecule has 2 heterocycles. The van der Waals surface area contributed by atoms with Crippen LogP contribution in [0.5, 0.6) is 0 Å². The molecular formula is C16H15BrFN3O2. The molecule has 0 bridgehead atoms. The summed E-state index contributed by atoms with van der Waals surface area (Å²) in [6, 6.07) is 4.23. The number of fused-ring (bicyclic) bond motifs is 1. The molecule has 3 aromatic rings. The summed E-state index contributed by atoms with van der Waals surface area (Å²) >= 11 is 3.28. The number of aryl methyl sites for hydroxylation is 2. The van der Waals surface area contributed by atoms with Crippen molar-refractivity contribution in [1.29, 1.82) is 0 Å².